The van der Waals surface area contributed by atoms with Gasteiger partial charge in [0.15, 0.2) is 0 Å². The van der Waals surface area contributed by atoms with Gasteiger partial charge in [0.1, 0.15) is 0 Å². The number of carbonyl (C=O) groups excluding carboxylic acids is 1. The van der Waals surface area contributed by atoms with Crippen LogP contribution in [0.15, 0.2) is 51.2 Å². The standard InChI is InChI=1S/C19H21BrN2O4S2/c1-13-11-22(12-14(2)26-13)28(24,25)17-7-3-15(4-8-17)21-19(23)10-6-16-5-9-18(20)27-16/h3-10,13-14H,11-12H2,1-2H3,(H,21,23)/b10-6+. The van der Waals surface area contributed by atoms with Crippen LogP contribution in [-0.4, -0.2) is 43.9 Å². The molecule has 1 aromatic heterocycles. The number of rotatable bonds is 5. The van der Waals surface area contributed by atoms with Crippen molar-refractivity contribution in [1.82, 2.24) is 4.31 Å². The van der Waals surface area contributed by atoms with Gasteiger partial charge in [-0.2, -0.15) is 4.31 Å². The van der Waals surface area contributed by atoms with Crippen LogP contribution in [0, 0.1) is 0 Å². The molecule has 0 spiro atoms. The monoisotopic (exact) mass is 484 g/mol. The van der Waals surface area contributed by atoms with Gasteiger partial charge in [-0.05, 0) is 72.3 Å². The number of carbonyl (C=O) groups is 1. The van der Waals surface area contributed by atoms with Crippen molar-refractivity contribution >= 4 is 55.0 Å². The highest BCUT2D eigenvalue weighted by molar-refractivity contribution is 9.11. The van der Waals surface area contributed by atoms with Crippen LogP contribution < -0.4 is 5.32 Å². The van der Waals surface area contributed by atoms with Crippen LogP contribution >= 0.6 is 27.3 Å². The Morgan fingerprint density at radius 3 is 2.39 bits per heavy atom. The van der Waals surface area contributed by atoms with Crippen LogP contribution in [0.1, 0.15) is 18.7 Å². The van der Waals surface area contributed by atoms with Gasteiger partial charge in [-0.25, -0.2) is 8.42 Å². The van der Waals surface area contributed by atoms with E-state index in [0.717, 1.165) is 8.66 Å². The topological polar surface area (TPSA) is 75.7 Å². The average molecular weight is 485 g/mol. The van der Waals surface area contributed by atoms with Crippen LogP contribution in [0.5, 0.6) is 0 Å². The molecule has 0 saturated carbocycles. The third-order valence-corrected chi connectivity index (χ3v) is 7.57. The van der Waals surface area contributed by atoms with Crippen molar-refractivity contribution in [3.05, 3.63) is 51.1 Å². The first-order valence-electron chi connectivity index (χ1n) is 8.74. The average Bonchev–Trinajstić information content (AvgIpc) is 3.05. The Bertz CT molecular complexity index is 960. The summed E-state index contributed by atoms with van der Waals surface area (Å²) < 4.78 is 33.7. The summed E-state index contributed by atoms with van der Waals surface area (Å²) in [5, 5.41) is 2.73. The number of nitrogens with one attached hydrogen (secondary N) is 1. The van der Waals surface area contributed by atoms with Crippen molar-refractivity contribution in [1.29, 1.82) is 0 Å². The molecule has 2 aromatic rings. The maximum absolute atomic E-state index is 12.8. The molecule has 1 fully saturated rings. The van der Waals surface area contributed by atoms with E-state index in [4.69, 9.17) is 4.74 Å². The number of amides is 1. The minimum Gasteiger partial charge on any atom is -0.373 e. The molecule has 1 aromatic carbocycles. The summed E-state index contributed by atoms with van der Waals surface area (Å²) in [5.74, 6) is -0.282. The molecule has 2 heterocycles. The zero-order chi connectivity index (χ0) is 20.3. The lowest BCUT2D eigenvalue weighted by Crippen LogP contribution is -2.48. The normalized spacial score (nSPS) is 21.1. The minimum atomic E-state index is -3.59. The summed E-state index contributed by atoms with van der Waals surface area (Å²) in [6.07, 6.45) is 2.88. The highest BCUT2D eigenvalue weighted by Gasteiger charge is 2.32. The number of hydrogen-bond acceptors (Lipinski definition) is 5. The number of nitrogens with zero attached hydrogens (tertiary/aromatic N) is 1. The van der Waals surface area contributed by atoms with Crippen molar-refractivity contribution in [3.63, 3.8) is 0 Å². The highest BCUT2D eigenvalue weighted by Crippen LogP contribution is 2.24. The zero-order valence-corrected chi connectivity index (χ0v) is 18.7. The van der Waals surface area contributed by atoms with Gasteiger partial charge in [-0.1, -0.05) is 0 Å². The van der Waals surface area contributed by atoms with Crippen molar-refractivity contribution in [2.24, 2.45) is 0 Å². The molecule has 3 rings (SSSR count). The molecule has 0 bridgehead atoms. The van der Waals surface area contributed by atoms with Gasteiger partial charge >= 0.3 is 0 Å². The van der Waals surface area contributed by atoms with Crippen molar-refractivity contribution in [2.45, 2.75) is 31.0 Å². The molecule has 1 aliphatic heterocycles. The molecule has 28 heavy (non-hydrogen) atoms. The van der Waals surface area contributed by atoms with E-state index in [9.17, 15) is 13.2 Å². The minimum absolute atomic E-state index is 0.146. The molecule has 150 valence electrons. The predicted octanol–water partition coefficient (Wildman–Crippen LogP) is 3.96. The Balaban J connectivity index is 1.65. The maximum atomic E-state index is 12.8. The van der Waals surface area contributed by atoms with Crippen molar-refractivity contribution in [3.8, 4) is 0 Å². The molecule has 1 aliphatic rings. The second-order valence-electron chi connectivity index (χ2n) is 6.57. The summed E-state index contributed by atoms with van der Waals surface area (Å²) in [7, 11) is -3.59. The lowest BCUT2D eigenvalue weighted by Gasteiger charge is -2.34. The van der Waals surface area contributed by atoms with Crippen LogP contribution in [-0.2, 0) is 19.6 Å². The first-order chi connectivity index (χ1) is 13.2. The quantitative estimate of drug-likeness (QED) is 0.651. The molecule has 0 radical (unpaired) electrons. The number of anilines is 1. The van der Waals surface area contributed by atoms with Gasteiger partial charge in [-0.15, -0.1) is 11.3 Å². The lowest BCUT2D eigenvalue weighted by atomic mass is 10.3. The number of ether oxygens (including phenoxy) is 1. The molecule has 2 atom stereocenters. The molecular weight excluding hydrogens is 464 g/mol. The first kappa shape index (κ1) is 21.2. The van der Waals surface area contributed by atoms with Crippen LogP contribution in [0.3, 0.4) is 0 Å². The summed E-state index contributed by atoms with van der Waals surface area (Å²) >= 11 is 4.90. The summed E-state index contributed by atoms with van der Waals surface area (Å²) in [6, 6.07) is 10.0. The fraction of sp³-hybridized carbons (Fsp3) is 0.316. The van der Waals surface area contributed by atoms with E-state index < -0.39 is 10.0 Å². The lowest BCUT2D eigenvalue weighted by molar-refractivity contribution is -0.111. The third kappa shape index (κ3) is 5.30. The van der Waals surface area contributed by atoms with Gasteiger partial charge in [0.2, 0.25) is 15.9 Å². The molecule has 1 saturated heterocycles. The van der Waals surface area contributed by atoms with E-state index in [2.05, 4.69) is 21.2 Å². The Hall–Kier alpha value is -1.52. The fourth-order valence-corrected chi connectivity index (χ4v) is 5.86. The summed E-state index contributed by atoms with van der Waals surface area (Å²) in [5.41, 5.74) is 0.532. The number of morpholine rings is 1. The number of halogens is 1. The molecule has 0 aliphatic carbocycles. The SMILES string of the molecule is CC1CN(S(=O)(=O)c2ccc(NC(=O)/C=C/c3ccc(Br)s3)cc2)CC(C)O1. The summed E-state index contributed by atoms with van der Waals surface area (Å²) in [4.78, 5) is 13.2. The predicted molar refractivity (Wildman–Crippen MR) is 115 cm³/mol. The van der Waals surface area contributed by atoms with E-state index in [1.165, 1.54) is 33.9 Å². The second-order valence-corrected chi connectivity index (χ2v) is 11.0. The van der Waals surface area contributed by atoms with E-state index >= 15 is 0 Å². The van der Waals surface area contributed by atoms with E-state index in [1.54, 1.807) is 18.2 Å². The molecule has 6 nitrogen and oxygen atoms in total. The Morgan fingerprint density at radius 1 is 1.18 bits per heavy atom. The van der Waals surface area contributed by atoms with Crippen LogP contribution in [0.2, 0.25) is 0 Å². The van der Waals surface area contributed by atoms with Crippen molar-refractivity contribution in [2.75, 3.05) is 18.4 Å². The van der Waals surface area contributed by atoms with Gasteiger partial charge in [0, 0.05) is 29.7 Å². The highest BCUT2D eigenvalue weighted by atomic mass is 79.9. The molecule has 1 N–H and O–H groups in total. The molecular formula is C19H21BrN2O4S2. The number of sulfonamides is 1. The summed E-state index contributed by atoms with van der Waals surface area (Å²) in [6.45, 7) is 4.38. The van der Waals surface area contributed by atoms with Crippen molar-refractivity contribution < 1.29 is 17.9 Å². The van der Waals surface area contributed by atoms with Gasteiger partial charge in [0.25, 0.3) is 0 Å². The fourth-order valence-electron chi connectivity index (χ4n) is 2.95. The Morgan fingerprint density at radius 2 is 1.82 bits per heavy atom. The molecule has 9 heteroatoms. The number of thiophene rings is 1. The van der Waals surface area contributed by atoms with Crippen LogP contribution in [0.4, 0.5) is 5.69 Å². The number of benzene rings is 1. The second kappa shape index (κ2) is 8.87. The number of hydrogen-bond donors (Lipinski definition) is 1. The molecule has 1 amide bonds. The largest absolute Gasteiger partial charge is 0.373 e. The smallest absolute Gasteiger partial charge is 0.248 e. The Kier molecular flexibility index (Phi) is 6.72. The van der Waals surface area contributed by atoms with Gasteiger partial charge in [0.05, 0.1) is 20.9 Å². The Labute approximate surface area is 177 Å². The van der Waals surface area contributed by atoms with Gasteiger partial charge in [-0.3, -0.25) is 4.79 Å². The van der Waals surface area contributed by atoms with E-state index in [0.29, 0.717) is 18.8 Å². The zero-order valence-electron chi connectivity index (χ0n) is 15.5. The maximum Gasteiger partial charge on any atom is 0.248 e. The van der Waals surface area contributed by atoms with E-state index in [-0.39, 0.29) is 23.0 Å². The third-order valence-electron chi connectivity index (χ3n) is 4.14. The van der Waals surface area contributed by atoms with Gasteiger partial charge < -0.3 is 10.1 Å². The van der Waals surface area contributed by atoms with Crippen LogP contribution in [0.25, 0.3) is 6.08 Å². The van der Waals surface area contributed by atoms with E-state index in [1.807, 2.05) is 26.0 Å². The molecule has 2 unspecified atom stereocenters. The first-order valence-corrected chi connectivity index (χ1v) is 11.8.